The number of sulfonamides is 1. The molecule has 0 saturated carbocycles. The molecule has 1 amide bonds. The number of anilines is 1. The predicted octanol–water partition coefficient (Wildman–Crippen LogP) is 5.88. The van der Waals surface area contributed by atoms with Crippen LogP contribution in [0, 0.1) is 11.7 Å². The highest BCUT2D eigenvalue weighted by Gasteiger charge is 2.38. The van der Waals surface area contributed by atoms with Crippen LogP contribution in [-0.2, 0) is 26.0 Å². The van der Waals surface area contributed by atoms with Crippen LogP contribution in [-0.4, -0.2) is 63.1 Å². The molecule has 2 heterocycles. The van der Waals surface area contributed by atoms with E-state index in [4.69, 9.17) is 22.1 Å². The van der Waals surface area contributed by atoms with Gasteiger partial charge in [-0.15, -0.1) is 0 Å². The van der Waals surface area contributed by atoms with Crippen LogP contribution in [0.4, 0.5) is 18.9 Å². The lowest BCUT2D eigenvalue weighted by Gasteiger charge is -2.40. The number of carbonyl (C=O) groups is 1. The van der Waals surface area contributed by atoms with E-state index < -0.39 is 46.3 Å². The Morgan fingerprint density at radius 2 is 1.70 bits per heavy atom. The highest BCUT2D eigenvalue weighted by atomic mass is 35.5. The molecule has 4 atom stereocenters. The summed E-state index contributed by atoms with van der Waals surface area (Å²) in [4.78, 5) is 13.6. The lowest BCUT2D eigenvalue weighted by Crippen LogP contribution is -2.58. The van der Waals surface area contributed by atoms with E-state index >= 15 is 4.39 Å². The molecule has 0 aliphatic carbocycles. The van der Waals surface area contributed by atoms with E-state index in [-0.39, 0.29) is 46.4 Å². The van der Waals surface area contributed by atoms with E-state index in [1.807, 2.05) is 12.1 Å². The second-order valence-corrected chi connectivity index (χ2v) is 14.5. The molecule has 254 valence electrons. The number of alkyl halides is 2. The Labute approximate surface area is 278 Å². The summed E-state index contributed by atoms with van der Waals surface area (Å²) < 4.78 is 76.0. The highest BCUT2D eigenvalue weighted by molar-refractivity contribution is 7.89. The molecule has 2 fully saturated rings. The van der Waals surface area contributed by atoms with Crippen LogP contribution in [0.2, 0.25) is 5.02 Å². The molecular weight excluding hydrogens is 653 g/mol. The van der Waals surface area contributed by atoms with E-state index in [9.17, 15) is 22.0 Å². The van der Waals surface area contributed by atoms with Crippen LogP contribution in [0.5, 0.6) is 0 Å². The van der Waals surface area contributed by atoms with E-state index in [0.717, 1.165) is 30.5 Å². The number of ether oxygens (including phenoxy) is 1. The molecule has 3 aromatic carbocycles. The first-order valence-electron chi connectivity index (χ1n) is 15.8. The second-order valence-electron chi connectivity index (χ2n) is 12.2. The zero-order valence-corrected chi connectivity index (χ0v) is 27.6. The number of nitrogens with two attached hydrogens (primary N) is 1. The Bertz CT molecular complexity index is 1620. The molecule has 3 aromatic rings. The van der Waals surface area contributed by atoms with Crippen LogP contribution >= 0.6 is 11.6 Å². The van der Waals surface area contributed by atoms with Crippen molar-refractivity contribution in [1.82, 2.24) is 9.62 Å². The minimum Gasteiger partial charge on any atom is -0.381 e. The molecule has 0 unspecified atom stereocenters. The van der Waals surface area contributed by atoms with Gasteiger partial charge < -0.3 is 21.1 Å². The van der Waals surface area contributed by atoms with Crippen molar-refractivity contribution in [2.45, 2.75) is 68.0 Å². The summed E-state index contributed by atoms with van der Waals surface area (Å²) in [6.45, 7) is 3.61. The quantitative estimate of drug-likeness (QED) is 0.232. The minimum absolute atomic E-state index is 0.0896. The molecule has 13 heteroatoms. The third-order valence-corrected chi connectivity index (χ3v) is 11.5. The Morgan fingerprint density at radius 1 is 1.04 bits per heavy atom. The standard InChI is InChI=1S/C34H40ClF3N4O4S/c1-21-19-40-20-26(42(21)47(44,45)27-12-7-24(8-13-27)33(37)38)11-14-28-29(36)3-2-4-30(28)41-34(43)32(39)31(23-15-17-46-18-16-23)22-5-9-25(35)10-6-22/h2-10,12-13,21,23,26,31-33,40H,11,14-20,39H2,1H3,(H,41,43)/t21-,26+,31+,32+/m1/s1. The van der Waals surface area contributed by atoms with Gasteiger partial charge in [0.1, 0.15) is 5.82 Å². The summed E-state index contributed by atoms with van der Waals surface area (Å²) in [6.07, 6.45) is -0.885. The van der Waals surface area contributed by atoms with Crippen LogP contribution in [0.15, 0.2) is 71.6 Å². The fourth-order valence-electron chi connectivity index (χ4n) is 6.72. The number of hydrogen-bond donors (Lipinski definition) is 3. The highest BCUT2D eigenvalue weighted by Crippen LogP contribution is 2.36. The molecule has 0 aromatic heterocycles. The minimum atomic E-state index is -4.06. The Hall–Kier alpha value is -3.00. The normalized spacial score (nSPS) is 21.0. The maximum atomic E-state index is 15.4. The monoisotopic (exact) mass is 692 g/mol. The van der Waals surface area contributed by atoms with Crippen molar-refractivity contribution in [2.75, 3.05) is 31.6 Å². The molecule has 4 N–H and O–H groups in total. The molecule has 8 nitrogen and oxygen atoms in total. The van der Waals surface area contributed by atoms with Gasteiger partial charge in [-0.3, -0.25) is 4.79 Å². The first kappa shape index (κ1) is 35.3. The van der Waals surface area contributed by atoms with Gasteiger partial charge in [0.25, 0.3) is 6.43 Å². The number of hydrogen-bond acceptors (Lipinski definition) is 6. The summed E-state index contributed by atoms with van der Waals surface area (Å²) in [7, 11) is -4.06. The lowest BCUT2D eigenvalue weighted by molar-refractivity contribution is -0.118. The number of nitrogens with zero attached hydrogens (tertiary/aromatic N) is 1. The van der Waals surface area contributed by atoms with Gasteiger partial charge in [-0.2, -0.15) is 4.31 Å². The van der Waals surface area contributed by atoms with E-state index in [1.54, 1.807) is 25.1 Å². The van der Waals surface area contributed by atoms with Gasteiger partial charge >= 0.3 is 0 Å². The Morgan fingerprint density at radius 3 is 2.36 bits per heavy atom. The number of amides is 1. The number of benzene rings is 3. The smallest absolute Gasteiger partial charge is 0.263 e. The van der Waals surface area contributed by atoms with Gasteiger partial charge in [0.2, 0.25) is 15.9 Å². The average molecular weight is 693 g/mol. The number of carbonyl (C=O) groups excluding carboxylic acids is 1. The fraction of sp³-hybridized carbons (Fsp3) is 0.441. The molecule has 0 radical (unpaired) electrons. The summed E-state index contributed by atoms with van der Waals surface area (Å²) in [5, 5.41) is 6.66. The van der Waals surface area contributed by atoms with Crippen molar-refractivity contribution in [1.29, 1.82) is 0 Å². The molecule has 47 heavy (non-hydrogen) atoms. The second kappa shape index (κ2) is 15.5. The molecule has 5 rings (SSSR count). The molecule has 2 aliphatic rings. The van der Waals surface area contributed by atoms with Crippen LogP contribution in [0.25, 0.3) is 0 Å². The van der Waals surface area contributed by atoms with Crippen molar-refractivity contribution in [3.8, 4) is 0 Å². The van der Waals surface area contributed by atoms with Crippen molar-refractivity contribution < 1.29 is 31.1 Å². The van der Waals surface area contributed by atoms with E-state index in [2.05, 4.69) is 10.6 Å². The fourth-order valence-corrected chi connectivity index (χ4v) is 8.69. The average Bonchev–Trinajstić information content (AvgIpc) is 3.06. The largest absolute Gasteiger partial charge is 0.381 e. The molecule has 2 saturated heterocycles. The van der Waals surface area contributed by atoms with Gasteiger partial charge in [0, 0.05) is 66.1 Å². The topological polar surface area (TPSA) is 114 Å². The third-order valence-electron chi connectivity index (χ3n) is 9.14. The van der Waals surface area contributed by atoms with Gasteiger partial charge in [-0.05, 0) is 80.5 Å². The van der Waals surface area contributed by atoms with Gasteiger partial charge in [-0.1, -0.05) is 41.9 Å². The number of piperazine rings is 1. The zero-order chi connectivity index (χ0) is 33.7. The van der Waals surface area contributed by atoms with Crippen LogP contribution < -0.4 is 16.4 Å². The molecular formula is C34H40ClF3N4O4S. The van der Waals surface area contributed by atoms with Gasteiger partial charge in [0.05, 0.1) is 10.9 Å². The summed E-state index contributed by atoms with van der Waals surface area (Å²) >= 11 is 6.13. The third kappa shape index (κ3) is 8.18. The van der Waals surface area contributed by atoms with Crippen molar-refractivity contribution >= 4 is 33.2 Å². The van der Waals surface area contributed by atoms with Crippen molar-refractivity contribution in [3.63, 3.8) is 0 Å². The molecule has 0 spiro atoms. The maximum absolute atomic E-state index is 15.4. The van der Waals surface area contributed by atoms with Crippen LogP contribution in [0.3, 0.4) is 0 Å². The summed E-state index contributed by atoms with van der Waals surface area (Å²) in [5.41, 5.74) is 7.76. The number of nitrogens with one attached hydrogen (secondary N) is 2. The molecule has 2 aliphatic heterocycles. The Balaban J connectivity index is 1.35. The SMILES string of the molecule is C[C@@H]1CNC[C@H](CCc2c(F)cccc2NC(=O)[C@@H](N)[C@@H](c2ccc(Cl)cc2)C2CCOCC2)N1S(=O)(=O)c1ccc(C(F)F)cc1. The number of rotatable bonds is 11. The van der Waals surface area contributed by atoms with E-state index in [0.29, 0.717) is 31.3 Å². The summed E-state index contributed by atoms with van der Waals surface area (Å²) in [6, 6.07) is 14.3. The number of halogens is 4. The zero-order valence-electron chi connectivity index (χ0n) is 26.0. The molecule has 0 bridgehead atoms. The maximum Gasteiger partial charge on any atom is 0.263 e. The lowest BCUT2D eigenvalue weighted by atomic mass is 9.76. The first-order chi connectivity index (χ1) is 22.5. The summed E-state index contributed by atoms with van der Waals surface area (Å²) in [5.74, 6) is -1.23. The van der Waals surface area contributed by atoms with Crippen molar-refractivity contribution in [3.05, 3.63) is 94.3 Å². The van der Waals surface area contributed by atoms with Crippen molar-refractivity contribution in [2.24, 2.45) is 11.7 Å². The van der Waals surface area contributed by atoms with Gasteiger partial charge in [0.15, 0.2) is 0 Å². The predicted molar refractivity (Wildman–Crippen MR) is 176 cm³/mol. The van der Waals surface area contributed by atoms with E-state index in [1.165, 1.54) is 28.6 Å². The van der Waals surface area contributed by atoms with Gasteiger partial charge in [-0.25, -0.2) is 21.6 Å². The van der Waals surface area contributed by atoms with Crippen LogP contribution in [0.1, 0.15) is 55.2 Å². The first-order valence-corrected chi connectivity index (χ1v) is 17.6. The Kier molecular flexibility index (Phi) is 11.6.